The van der Waals surface area contributed by atoms with Crippen molar-refractivity contribution in [2.24, 2.45) is 5.41 Å². The van der Waals surface area contributed by atoms with Crippen molar-refractivity contribution < 1.29 is 13.6 Å². The van der Waals surface area contributed by atoms with Gasteiger partial charge >= 0.3 is 0 Å². The molecular weight excluding hydrogens is 342 g/mol. The molecule has 25 heavy (non-hydrogen) atoms. The Hall–Kier alpha value is -1.79. The smallest absolute Gasteiger partial charge is 0.257 e. The van der Waals surface area contributed by atoms with E-state index in [0.29, 0.717) is 6.54 Å². The maximum absolute atomic E-state index is 14.2. The van der Waals surface area contributed by atoms with Crippen molar-refractivity contribution in [3.8, 4) is 0 Å². The molecule has 2 aliphatic rings. The Morgan fingerprint density at radius 3 is 2.80 bits per heavy atom. The van der Waals surface area contributed by atoms with Crippen molar-refractivity contribution in [3.63, 3.8) is 0 Å². The van der Waals surface area contributed by atoms with Gasteiger partial charge in [0.05, 0.1) is 5.56 Å². The molecule has 1 saturated heterocycles. The minimum Gasteiger partial charge on any atom is -0.331 e. The fourth-order valence-corrected chi connectivity index (χ4v) is 4.62. The van der Waals surface area contributed by atoms with E-state index in [1.165, 1.54) is 12.1 Å². The second-order valence-electron chi connectivity index (χ2n) is 7.00. The van der Waals surface area contributed by atoms with Gasteiger partial charge in [-0.1, -0.05) is 6.07 Å². The first-order valence-corrected chi connectivity index (χ1v) is 9.52. The molecule has 0 bridgehead atoms. The van der Waals surface area contributed by atoms with Gasteiger partial charge in [0.15, 0.2) is 11.6 Å². The highest BCUT2D eigenvalue weighted by Gasteiger charge is 2.57. The Labute approximate surface area is 149 Å². The second kappa shape index (κ2) is 6.50. The van der Waals surface area contributed by atoms with Crippen LogP contribution in [0.1, 0.15) is 35.2 Å². The maximum atomic E-state index is 14.2. The van der Waals surface area contributed by atoms with Crippen LogP contribution in [0.4, 0.5) is 8.78 Å². The van der Waals surface area contributed by atoms with Gasteiger partial charge in [-0.05, 0) is 72.3 Å². The Balaban J connectivity index is 1.63. The Morgan fingerprint density at radius 1 is 1.28 bits per heavy atom. The molecule has 0 radical (unpaired) electrons. The van der Waals surface area contributed by atoms with Crippen molar-refractivity contribution in [3.05, 3.63) is 57.8 Å². The average Bonchev–Trinajstić information content (AvgIpc) is 3.06. The summed E-state index contributed by atoms with van der Waals surface area (Å²) in [4.78, 5) is 14.8. The number of halogens is 2. The molecule has 3 nitrogen and oxygen atoms in total. The van der Waals surface area contributed by atoms with Crippen molar-refractivity contribution in [1.82, 2.24) is 10.2 Å². The number of carbonyl (C=O) groups excluding carboxylic acids is 1. The molecule has 2 heterocycles. The van der Waals surface area contributed by atoms with E-state index < -0.39 is 17.5 Å². The van der Waals surface area contributed by atoms with E-state index in [1.807, 2.05) is 16.8 Å². The van der Waals surface area contributed by atoms with Gasteiger partial charge in [0.2, 0.25) is 0 Å². The number of amides is 1. The SMILES string of the molecule is O=C(c1cccc(F)c1F)N(Cc1ccsc1)C1CC12CCNCC2. The highest BCUT2D eigenvalue weighted by Crippen LogP contribution is 2.56. The van der Waals surface area contributed by atoms with Crippen LogP contribution in [0.5, 0.6) is 0 Å². The van der Waals surface area contributed by atoms with Gasteiger partial charge in [0.1, 0.15) is 0 Å². The minimum absolute atomic E-state index is 0.102. The molecule has 4 rings (SSSR count). The van der Waals surface area contributed by atoms with Gasteiger partial charge in [-0.2, -0.15) is 11.3 Å². The third kappa shape index (κ3) is 3.09. The summed E-state index contributed by atoms with van der Waals surface area (Å²) in [5.74, 6) is -2.44. The Kier molecular flexibility index (Phi) is 4.33. The topological polar surface area (TPSA) is 32.3 Å². The van der Waals surface area contributed by atoms with Crippen LogP contribution in [-0.4, -0.2) is 29.9 Å². The van der Waals surface area contributed by atoms with Gasteiger partial charge in [-0.25, -0.2) is 8.78 Å². The van der Waals surface area contributed by atoms with E-state index in [1.54, 1.807) is 16.2 Å². The normalized spacial score (nSPS) is 21.3. The summed E-state index contributed by atoms with van der Waals surface area (Å²) in [5.41, 5.74) is 0.998. The molecule has 1 aromatic heterocycles. The number of hydrogen-bond donors (Lipinski definition) is 1. The molecule has 1 spiro atoms. The fourth-order valence-electron chi connectivity index (χ4n) is 3.96. The molecule has 132 valence electrons. The lowest BCUT2D eigenvalue weighted by Crippen LogP contribution is -2.39. The van der Waals surface area contributed by atoms with Gasteiger partial charge < -0.3 is 10.2 Å². The number of nitrogens with zero attached hydrogens (tertiary/aromatic N) is 1. The Morgan fingerprint density at radius 2 is 2.08 bits per heavy atom. The van der Waals surface area contributed by atoms with E-state index >= 15 is 0 Å². The molecular formula is C19H20F2N2OS. The zero-order valence-electron chi connectivity index (χ0n) is 13.8. The first kappa shape index (κ1) is 16.7. The summed E-state index contributed by atoms with van der Waals surface area (Å²) in [5, 5.41) is 7.32. The number of nitrogens with one attached hydrogen (secondary N) is 1. The van der Waals surface area contributed by atoms with Crippen molar-refractivity contribution in [2.75, 3.05) is 13.1 Å². The predicted octanol–water partition coefficient (Wildman–Crippen LogP) is 3.81. The standard InChI is InChI=1S/C19H20F2N2OS/c20-15-3-1-2-14(17(15)21)18(24)23(11-13-4-9-25-12-13)16-10-19(16)5-7-22-8-6-19/h1-4,9,12,16,22H,5-8,10-11H2. The molecule has 1 atom stereocenters. The zero-order valence-corrected chi connectivity index (χ0v) is 14.6. The highest BCUT2D eigenvalue weighted by atomic mass is 32.1. The second-order valence-corrected chi connectivity index (χ2v) is 7.78. The summed E-state index contributed by atoms with van der Waals surface area (Å²) in [6, 6.07) is 5.88. The van der Waals surface area contributed by atoms with Gasteiger partial charge in [-0.3, -0.25) is 4.79 Å². The first-order chi connectivity index (χ1) is 12.1. The summed E-state index contributed by atoms with van der Waals surface area (Å²) in [6.07, 6.45) is 2.99. The number of carbonyl (C=O) groups is 1. The largest absolute Gasteiger partial charge is 0.331 e. The molecule has 2 fully saturated rings. The van der Waals surface area contributed by atoms with Gasteiger partial charge in [0, 0.05) is 12.6 Å². The summed E-state index contributed by atoms with van der Waals surface area (Å²) in [7, 11) is 0. The molecule has 1 aliphatic carbocycles. The predicted molar refractivity (Wildman–Crippen MR) is 93.5 cm³/mol. The minimum atomic E-state index is -1.05. The lowest BCUT2D eigenvalue weighted by Gasteiger charge is -2.29. The molecule has 2 aromatic rings. The van der Waals surface area contributed by atoms with Crippen LogP contribution in [0.3, 0.4) is 0 Å². The quantitative estimate of drug-likeness (QED) is 0.897. The molecule has 1 aliphatic heterocycles. The van der Waals surface area contributed by atoms with Crippen molar-refractivity contribution >= 4 is 17.2 Å². The van der Waals surface area contributed by atoms with Crippen LogP contribution in [0.15, 0.2) is 35.0 Å². The van der Waals surface area contributed by atoms with E-state index in [4.69, 9.17) is 0 Å². The molecule has 6 heteroatoms. The number of piperidine rings is 1. The molecule has 1 saturated carbocycles. The zero-order chi connectivity index (χ0) is 17.4. The number of hydrogen-bond acceptors (Lipinski definition) is 3. The van der Waals surface area contributed by atoms with E-state index in [2.05, 4.69) is 5.32 Å². The van der Waals surface area contributed by atoms with Gasteiger partial charge in [-0.15, -0.1) is 0 Å². The third-order valence-corrected chi connectivity index (χ3v) is 6.23. The van der Waals surface area contributed by atoms with Crippen molar-refractivity contribution in [1.29, 1.82) is 0 Å². The highest BCUT2D eigenvalue weighted by molar-refractivity contribution is 7.07. The number of rotatable bonds is 4. The van der Waals surface area contributed by atoms with Crippen LogP contribution >= 0.6 is 11.3 Å². The van der Waals surface area contributed by atoms with E-state index in [9.17, 15) is 13.6 Å². The maximum Gasteiger partial charge on any atom is 0.257 e. The summed E-state index contributed by atoms with van der Waals surface area (Å²) in [6.45, 7) is 2.34. The van der Waals surface area contributed by atoms with Crippen LogP contribution < -0.4 is 5.32 Å². The van der Waals surface area contributed by atoms with Crippen LogP contribution in [0, 0.1) is 17.0 Å². The number of thiophene rings is 1. The summed E-state index contributed by atoms with van der Waals surface area (Å²) >= 11 is 1.57. The van der Waals surface area contributed by atoms with Crippen molar-refractivity contribution in [2.45, 2.75) is 31.8 Å². The van der Waals surface area contributed by atoms with Crippen LogP contribution in [-0.2, 0) is 6.54 Å². The molecule has 1 N–H and O–H groups in total. The Bertz CT molecular complexity index is 772. The number of benzene rings is 1. The molecule has 1 unspecified atom stereocenters. The van der Waals surface area contributed by atoms with Crippen LogP contribution in [0.25, 0.3) is 0 Å². The average molecular weight is 362 g/mol. The van der Waals surface area contributed by atoms with Gasteiger partial charge in [0.25, 0.3) is 5.91 Å². The third-order valence-electron chi connectivity index (χ3n) is 5.50. The lowest BCUT2D eigenvalue weighted by molar-refractivity contribution is 0.0686. The summed E-state index contributed by atoms with van der Waals surface area (Å²) < 4.78 is 27.8. The van der Waals surface area contributed by atoms with E-state index in [-0.39, 0.29) is 17.0 Å². The molecule has 1 amide bonds. The monoisotopic (exact) mass is 362 g/mol. The van der Waals surface area contributed by atoms with Crippen LogP contribution in [0.2, 0.25) is 0 Å². The first-order valence-electron chi connectivity index (χ1n) is 8.57. The lowest BCUT2D eigenvalue weighted by atomic mass is 9.93. The fraction of sp³-hybridized carbons (Fsp3) is 0.421. The van der Waals surface area contributed by atoms with E-state index in [0.717, 1.165) is 44.0 Å². The molecule has 1 aromatic carbocycles.